The molecule has 56 valence electrons. The van der Waals surface area contributed by atoms with E-state index in [0.717, 1.165) is 0 Å². The Balaban J connectivity index is 3.85. The van der Waals surface area contributed by atoms with E-state index in [1.165, 1.54) is 4.91 Å². The zero-order chi connectivity index (χ0) is 7.82. The zero-order valence-electron chi connectivity index (χ0n) is 6.79. The maximum Gasteiger partial charge on any atom is 0.00264 e. The lowest BCUT2D eigenvalue weighted by atomic mass is 10.4. The fourth-order valence-electron chi connectivity index (χ4n) is 0.544. The highest BCUT2D eigenvalue weighted by Gasteiger charge is 1.81. The summed E-state index contributed by atoms with van der Waals surface area (Å²) >= 11 is 1.76. The Labute approximate surface area is 67.7 Å². The molecule has 0 amide bonds. The fraction of sp³-hybridized carbons (Fsp3) is 0.333. The van der Waals surface area contributed by atoms with Gasteiger partial charge in [0.1, 0.15) is 0 Å². The summed E-state index contributed by atoms with van der Waals surface area (Å²) < 4.78 is 0. The maximum absolute atomic E-state index is 2.10. The highest BCUT2D eigenvalue weighted by molar-refractivity contribution is 8.02. The Bertz CT molecular complexity index is 152. The molecule has 0 aromatic heterocycles. The van der Waals surface area contributed by atoms with E-state index in [0.29, 0.717) is 0 Å². The fourth-order valence-corrected chi connectivity index (χ4v) is 0.994. The average molecular weight is 154 g/mol. The average Bonchev–Trinajstić information content (AvgIpc) is 1.99. The summed E-state index contributed by atoms with van der Waals surface area (Å²) in [6.07, 6.45) is 12.4. The zero-order valence-corrected chi connectivity index (χ0v) is 7.61. The summed E-state index contributed by atoms with van der Waals surface area (Å²) in [5.41, 5.74) is 0. The van der Waals surface area contributed by atoms with E-state index in [1.54, 1.807) is 11.8 Å². The molecular formula is C9H14S. The van der Waals surface area contributed by atoms with Crippen molar-refractivity contribution in [2.75, 3.05) is 6.26 Å². The van der Waals surface area contributed by atoms with Crippen LogP contribution in [0.1, 0.15) is 13.8 Å². The molecule has 0 spiro atoms. The molecule has 0 rings (SSSR count). The summed E-state index contributed by atoms with van der Waals surface area (Å²) in [7, 11) is 0. The molecule has 0 saturated carbocycles. The largest absolute Gasteiger partial charge is 0.130 e. The highest BCUT2D eigenvalue weighted by atomic mass is 32.2. The van der Waals surface area contributed by atoms with Crippen LogP contribution in [0.15, 0.2) is 35.3 Å². The second kappa shape index (κ2) is 6.69. The monoisotopic (exact) mass is 154 g/mol. The third-order valence-corrected chi connectivity index (χ3v) is 1.93. The normalized spacial score (nSPS) is 13.7. The molecule has 0 aromatic carbocycles. The molecule has 0 aliphatic heterocycles. The van der Waals surface area contributed by atoms with E-state index < -0.39 is 0 Å². The van der Waals surface area contributed by atoms with Gasteiger partial charge in [0.2, 0.25) is 0 Å². The first-order valence-corrected chi connectivity index (χ1v) is 4.57. The van der Waals surface area contributed by atoms with Crippen molar-refractivity contribution >= 4 is 11.8 Å². The summed E-state index contributed by atoms with van der Waals surface area (Å²) in [5.74, 6) is 0. The van der Waals surface area contributed by atoms with Crippen LogP contribution in [0.2, 0.25) is 0 Å². The Morgan fingerprint density at radius 3 is 2.30 bits per heavy atom. The predicted octanol–water partition coefficient (Wildman–Crippen LogP) is 3.39. The molecule has 0 nitrogen and oxygen atoms in total. The van der Waals surface area contributed by atoms with Crippen molar-refractivity contribution in [2.45, 2.75) is 13.8 Å². The highest BCUT2D eigenvalue weighted by Crippen LogP contribution is 2.11. The van der Waals surface area contributed by atoms with E-state index >= 15 is 0 Å². The van der Waals surface area contributed by atoms with Gasteiger partial charge in [-0.25, -0.2) is 0 Å². The molecule has 0 bridgehead atoms. The van der Waals surface area contributed by atoms with Crippen LogP contribution >= 0.6 is 11.8 Å². The molecule has 0 aliphatic carbocycles. The van der Waals surface area contributed by atoms with E-state index in [4.69, 9.17) is 0 Å². The van der Waals surface area contributed by atoms with Gasteiger partial charge in [0.25, 0.3) is 0 Å². The van der Waals surface area contributed by atoms with Crippen molar-refractivity contribution < 1.29 is 0 Å². The first-order valence-electron chi connectivity index (χ1n) is 3.34. The lowest BCUT2D eigenvalue weighted by molar-refractivity contribution is 1.68. The molecule has 1 heteroatoms. The lowest BCUT2D eigenvalue weighted by Crippen LogP contribution is -1.64. The van der Waals surface area contributed by atoms with Crippen molar-refractivity contribution in [1.82, 2.24) is 0 Å². The predicted molar refractivity (Wildman–Crippen MR) is 51.2 cm³/mol. The van der Waals surface area contributed by atoms with Crippen LogP contribution in [0.25, 0.3) is 0 Å². The molecule has 0 heterocycles. The van der Waals surface area contributed by atoms with Gasteiger partial charge in [-0.05, 0) is 26.2 Å². The molecule has 0 aromatic rings. The molecular weight excluding hydrogens is 140 g/mol. The Morgan fingerprint density at radius 2 is 1.90 bits per heavy atom. The topological polar surface area (TPSA) is 0 Å². The van der Waals surface area contributed by atoms with Gasteiger partial charge in [0.05, 0.1) is 0 Å². The molecule has 0 N–H and O–H groups in total. The van der Waals surface area contributed by atoms with Crippen LogP contribution < -0.4 is 0 Å². The number of allylic oxidation sites excluding steroid dienone is 5. The molecule has 0 aliphatic rings. The minimum Gasteiger partial charge on any atom is -0.130 e. The van der Waals surface area contributed by atoms with Crippen molar-refractivity contribution in [3.63, 3.8) is 0 Å². The summed E-state index contributed by atoms with van der Waals surface area (Å²) in [4.78, 5) is 1.30. The second-order valence-electron chi connectivity index (χ2n) is 1.78. The number of thioether (sulfide) groups is 1. The lowest BCUT2D eigenvalue weighted by Gasteiger charge is -1.90. The van der Waals surface area contributed by atoms with Gasteiger partial charge in [-0.3, -0.25) is 0 Å². The molecule has 0 atom stereocenters. The van der Waals surface area contributed by atoms with E-state index in [9.17, 15) is 0 Å². The van der Waals surface area contributed by atoms with Crippen molar-refractivity contribution in [2.24, 2.45) is 0 Å². The van der Waals surface area contributed by atoms with E-state index in [2.05, 4.69) is 18.4 Å². The summed E-state index contributed by atoms with van der Waals surface area (Å²) in [6.45, 7) is 4.06. The minimum absolute atomic E-state index is 1.30. The van der Waals surface area contributed by atoms with Crippen LogP contribution in [0, 0.1) is 0 Å². The van der Waals surface area contributed by atoms with Gasteiger partial charge in [-0.1, -0.05) is 24.3 Å². The standard InChI is InChI=1S/C9H14S/c1-4-6-7-8-9(5-2)10-3/h4-8H,1-3H3/b6-4-,8-7-,9-5+. The summed E-state index contributed by atoms with van der Waals surface area (Å²) in [6, 6.07) is 0. The van der Waals surface area contributed by atoms with Crippen molar-refractivity contribution in [1.29, 1.82) is 0 Å². The molecule has 0 fully saturated rings. The van der Waals surface area contributed by atoms with E-state index in [-0.39, 0.29) is 0 Å². The van der Waals surface area contributed by atoms with Crippen molar-refractivity contribution in [3.8, 4) is 0 Å². The first-order chi connectivity index (χ1) is 4.85. The van der Waals surface area contributed by atoms with Crippen LogP contribution in [-0.2, 0) is 0 Å². The van der Waals surface area contributed by atoms with Gasteiger partial charge in [-0.15, -0.1) is 11.8 Å². The molecule has 10 heavy (non-hydrogen) atoms. The third-order valence-electron chi connectivity index (χ3n) is 1.08. The van der Waals surface area contributed by atoms with Crippen LogP contribution in [0.5, 0.6) is 0 Å². The minimum atomic E-state index is 1.30. The van der Waals surface area contributed by atoms with Crippen LogP contribution in [0.4, 0.5) is 0 Å². The second-order valence-corrected chi connectivity index (χ2v) is 2.66. The van der Waals surface area contributed by atoms with E-state index in [1.807, 2.05) is 32.1 Å². The van der Waals surface area contributed by atoms with Gasteiger partial charge < -0.3 is 0 Å². The third kappa shape index (κ3) is 4.45. The number of hydrogen-bond acceptors (Lipinski definition) is 1. The molecule has 0 unspecified atom stereocenters. The van der Waals surface area contributed by atoms with Gasteiger partial charge >= 0.3 is 0 Å². The first kappa shape index (κ1) is 9.57. The van der Waals surface area contributed by atoms with Gasteiger partial charge in [-0.2, -0.15) is 0 Å². The van der Waals surface area contributed by atoms with Gasteiger partial charge in [0, 0.05) is 4.91 Å². The molecule has 0 radical (unpaired) electrons. The Hall–Kier alpha value is -0.430. The summed E-state index contributed by atoms with van der Waals surface area (Å²) in [5, 5.41) is 0. The van der Waals surface area contributed by atoms with Crippen molar-refractivity contribution in [3.05, 3.63) is 35.3 Å². The SMILES string of the molecule is C\C=C/C=C\C(=C/C)SC. The van der Waals surface area contributed by atoms with Crippen LogP contribution in [-0.4, -0.2) is 6.26 Å². The quantitative estimate of drug-likeness (QED) is 0.561. The molecule has 0 saturated heterocycles. The number of hydrogen-bond donors (Lipinski definition) is 0. The Morgan fingerprint density at radius 1 is 1.20 bits per heavy atom. The van der Waals surface area contributed by atoms with Gasteiger partial charge in [0.15, 0.2) is 0 Å². The smallest absolute Gasteiger partial charge is 0.00264 e. The van der Waals surface area contributed by atoms with Crippen LogP contribution in [0.3, 0.4) is 0 Å². The maximum atomic E-state index is 2.10. The number of rotatable bonds is 3. The Kier molecular flexibility index (Phi) is 6.40.